The summed E-state index contributed by atoms with van der Waals surface area (Å²) in [5.41, 5.74) is 5.54. The average molecular weight is 244 g/mol. The minimum atomic E-state index is 0.453. The Hall–Kier alpha value is -0.310. The molecular weight excluding hydrogens is 216 g/mol. The van der Waals surface area contributed by atoms with Crippen LogP contribution in [0.25, 0.3) is 0 Å². The molecule has 0 aromatic heterocycles. The molecular formula is C13H28N2S. The van der Waals surface area contributed by atoms with Crippen molar-refractivity contribution in [2.45, 2.75) is 77.7 Å². The van der Waals surface area contributed by atoms with Gasteiger partial charge in [0.1, 0.15) is 0 Å². The Kier molecular flexibility index (Phi) is 11.0. The molecule has 0 aliphatic heterocycles. The number of rotatable bonds is 10. The summed E-state index contributed by atoms with van der Waals surface area (Å²) in [4.78, 5) is 0. The lowest BCUT2D eigenvalue weighted by atomic mass is 10.0. The lowest BCUT2D eigenvalue weighted by Gasteiger charge is -2.18. The zero-order valence-corrected chi connectivity index (χ0v) is 11.7. The number of hydrogen-bond donors (Lipinski definition) is 2. The van der Waals surface area contributed by atoms with E-state index in [1.807, 2.05) is 0 Å². The van der Waals surface area contributed by atoms with Crippen LogP contribution in [0.2, 0.25) is 0 Å². The zero-order valence-electron chi connectivity index (χ0n) is 10.9. The fourth-order valence-electron chi connectivity index (χ4n) is 1.93. The maximum Gasteiger partial charge on any atom is 0.163 e. The van der Waals surface area contributed by atoms with Gasteiger partial charge in [-0.05, 0) is 25.1 Å². The van der Waals surface area contributed by atoms with Crippen molar-refractivity contribution in [1.82, 2.24) is 5.32 Å². The molecule has 1 unspecified atom stereocenters. The normalized spacial score (nSPS) is 12.4. The molecule has 3 heteroatoms. The van der Waals surface area contributed by atoms with E-state index in [9.17, 15) is 0 Å². The molecule has 0 radical (unpaired) electrons. The molecule has 0 spiro atoms. The second kappa shape index (κ2) is 11.2. The summed E-state index contributed by atoms with van der Waals surface area (Å²) in [6, 6.07) is 0.499. The SMILES string of the molecule is CCCCCCCC(CCCC)NC(N)=S. The van der Waals surface area contributed by atoms with Crippen LogP contribution in [-0.4, -0.2) is 11.2 Å². The third-order valence-corrected chi connectivity index (χ3v) is 3.03. The lowest BCUT2D eigenvalue weighted by molar-refractivity contribution is 0.470. The molecule has 0 aromatic rings. The van der Waals surface area contributed by atoms with Gasteiger partial charge in [0.25, 0.3) is 0 Å². The van der Waals surface area contributed by atoms with Crippen LogP contribution in [0.3, 0.4) is 0 Å². The van der Waals surface area contributed by atoms with Crippen molar-refractivity contribution in [3.05, 3.63) is 0 Å². The average Bonchev–Trinajstić information content (AvgIpc) is 2.24. The Labute approximate surface area is 106 Å². The van der Waals surface area contributed by atoms with Gasteiger partial charge in [0, 0.05) is 6.04 Å². The van der Waals surface area contributed by atoms with E-state index in [0.29, 0.717) is 11.2 Å². The molecule has 0 rings (SSSR count). The molecule has 0 saturated carbocycles. The highest BCUT2D eigenvalue weighted by Gasteiger charge is 2.07. The zero-order chi connectivity index (χ0) is 12.2. The summed E-state index contributed by atoms with van der Waals surface area (Å²) in [7, 11) is 0. The van der Waals surface area contributed by atoms with Crippen LogP contribution in [0.15, 0.2) is 0 Å². The number of thiocarbonyl (C=S) groups is 1. The maximum absolute atomic E-state index is 5.54. The van der Waals surface area contributed by atoms with E-state index in [1.54, 1.807) is 0 Å². The Morgan fingerprint density at radius 1 is 1.00 bits per heavy atom. The van der Waals surface area contributed by atoms with Gasteiger partial charge in [-0.2, -0.15) is 0 Å². The molecule has 0 bridgehead atoms. The molecule has 96 valence electrons. The quantitative estimate of drug-likeness (QED) is 0.454. The summed E-state index contributed by atoms with van der Waals surface area (Å²) < 4.78 is 0. The van der Waals surface area contributed by atoms with Crippen molar-refractivity contribution < 1.29 is 0 Å². The van der Waals surface area contributed by atoms with E-state index >= 15 is 0 Å². The van der Waals surface area contributed by atoms with Crippen LogP contribution >= 0.6 is 12.2 Å². The number of unbranched alkanes of at least 4 members (excludes halogenated alkanes) is 5. The van der Waals surface area contributed by atoms with E-state index in [1.165, 1.54) is 57.8 Å². The monoisotopic (exact) mass is 244 g/mol. The van der Waals surface area contributed by atoms with Gasteiger partial charge >= 0.3 is 0 Å². The molecule has 0 amide bonds. The predicted octanol–water partition coefficient (Wildman–Crippen LogP) is 3.74. The van der Waals surface area contributed by atoms with E-state index in [0.717, 1.165) is 0 Å². The molecule has 0 aliphatic rings. The largest absolute Gasteiger partial charge is 0.376 e. The highest BCUT2D eigenvalue weighted by molar-refractivity contribution is 7.80. The summed E-state index contributed by atoms with van der Waals surface area (Å²) in [5, 5.41) is 3.67. The summed E-state index contributed by atoms with van der Waals surface area (Å²) in [6.45, 7) is 4.47. The van der Waals surface area contributed by atoms with Crippen molar-refractivity contribution >= 4 is 17.3 Å². The fraction of sp³-hybridized carbons (Fsp3) is 0.923. The number of nitrogens with one attached hydrogen (secondary N) is 1. The molecule has 0 heterocycles. The van der Waals surface area contributed by atoms with Crippen LogP contribution in [-0.2, 0) is 0 Å². The molecule has 3 N–H and O–H groups in total. The standard InChI is InChI=1S/C13H28N2S/c1-3-5-7-8-9-11-12(10-6-4-2)15-13(14)16/h12H,3-11H2,1-2H3,(H3,14,15,16). The van der Waals surface area contributed by atoms with Gasteiger partial charge in [-0.1, -0.05) is 58.8 Å². The first-order valence-corrected chi connectivity index (χ1v) is 7.17. The molecule has 0 aromatic carbocycles. The van der Waals surface area contributed by atoms with Crippen molar-refractivity contribution in [2.75, 3.05) is 0 Å². The third-order valence-electron chi connectivity index (χ3n) is 2.91. The van der Waals surface area contributed by atoms with Crippen molar-refractivity contribution in [1.29, 1.82) is 0 Å². The lowest BCUT2D eigenvalue weighted by Crippen LogP contribution is -2.38. The smallest absolute Gasteiger partial charge is 0.163 e. The van der Waals surface area contributed by atoms with Gasteiger partial charge in [-0.25, -0.2) is 0 Å². The highest BCUT2D eigenvalue weighted by Crippen LogP contribution is 2.11. The van der Waals surface area contributed by atoms with Crippen LogP contribution in [0.5, 0.6) is 0 Å². The molecule has 16 heavy (non-hydrogen) atoms. The minimum absolute atomic E-state index is 0.453. The second-order valence-electron chi connectivity index (χ2n) is 4.55. The molecule has 0 fully saturated rings. The molecule has 0 saturated heterocycles. The topological polar surface area (TPSA) is 38.0 Å². The van der Waals surface area contributed by atoms with Crippen LogP contribution < -0.4 is 11.1 Å². The maximum atomic E-state index is 5.54. The highest BCUT2D eigenvalue weighted by atomic mass is 32.1. The molecule has 0 aliphatic carbocycles. The molecule has 2 nitrogen and oxygen atoms in total. The Bertz CT molecular complexity index is 171. The summed E-state index contributed by atoms with van der Waals surface area (Å²) >= 11 is 4.91. The summed E-state index contributed by atoms with van der Waals surface area (Å²) in [6.07, 6.45) is 11.6. The van der Waals surface area contributed by atoms with Gasteiger partial charge in [0.05, 0.1) is 0 Å². The van der Waals surface area contributed by atoms with Gasteiger partial charge in [0.15, 0.2) is 5.11 Å². The van der Waals surface area contributed by atoms with Crippen molar-refractivity contribution in [3.8, 4) is 0 Å². The number of hydrogen-bond acceptors (Lipinski definition) is 1. The van der Waals surface area contributed by atoms with Crippen molar-refractivity contribution in [3.63, 3.8) is 0 Å². The van der Waals surface area contributed by atoms with Gasteiger partial charge < -0.3 is 11.1 Å². The Balaban J connectivity index is 3.60. The Morgan fingerprint density at radius 3 is 2.12 bits per heavy atom. The number of nitrogens with two attached hydrogens (primary N) is 1. The Morgan fingerprint density at radius 2 is 1.56 bits per heavy atom. The third kappa shape index (κ3) is 10.2. The minimum Gasteiger partial charge on any atom is -0.376 e. The van der Waals surface area contributed by atoms with Crippen LogP contribution in [0.1, 0.15) is 71.6 Å². The summed E-state index contributed by atoms with van der Waals surface area (Å²) in [5.74, 6) is 0. The van der Waals surface area contributed by atoms with E-state index in [2.05, 4.69) is 19.2 Å². The van der Waals surface area contributed by atoms with E-state index < -0.39 is 0 Å². The first kappa shape index (κ1) is 15.7. The van der Waals surface area contributed by atoms with Crippen LogP contribution in [0.4, 0.5) is 0 Å². The van der Waals surface area contributed by atoms with E-state index in [-0.39, 0.29) is 0 Å². The molecule has 1 atom stereocenters. The first-order chi connectivity index (χ1) is 7.70. The van der Waals surface area contributed by atoms with Gasteiger partial charge in [-0.3, -0.25) is 0 Å². The van der Waals surface area contributed by atoms with Gasteiger partial charge in [-0.15, -0.1) is 0 Å². The fourth-order valence-corrected chi connectivity index (χ4v) is 2.10. The second-order valence-corrected chi connectivity index (χ2v) is 4.99. The van der Waals surface area contributed by atoms with E-state index in [4.69, 9.17) is 18.0 Å². The first-order valence-electron chi connectivity index (χ1n) is 6.76. The van der Waals surface area contributed by atoms with Crippen molar-refractivity contribution in [2.24, 2.45) is 5.73 Å². The van der Waals surface area contributed by atoms with Gasteiger partial charge in [0.2, 0.25) is 0 Å². The van der Waals surface area contributed by atoms with Crippen LogP contribution in [0, 0.1) is 0 Å². The predicted molar refractivity (Wildman–Crippen MR) is 76.6 cm³/mol.